The van der Waals surface area contributed by atoms with Crippen molar-refractivity contribution in [3.05, 3.63) is 24.0 Å². The lowest BCUT2D eigenvalue weighted by atomic mass is 9.73. The Morgan fingerprint density at radius 1 is 1.44 bits per heavy atom. The Bertz CT molecular complexity index is 689. The lowest BCUT2D eigenvalue weighted by Crippen LogP contribution is -2.44. The lowest BCUT2D eigenvalue weighted by Gasteiger charge is -2.30. The van der Waals surface area contributed by atoms with Gasteiger partial charge in [-0.05, 0) is 44.2 Å². The molecule has 4 aliphatic rings. The highest BCUT2D eigenvalue weighted by atomic mass is 16.5. The Balaban J connectivity index is 1.31. The minimum absolute atomic E-state index is 0.00619. The Labute approximate surface area is 149 Å². The topological polar surface area (TPSA) is 54.5 Å². The van der Waals surface area contributed by atoms with Crippen LogP contribution < -0.4 is 10.2 Å². The number of fused-ring (bicyclic) bond motifs is 1. The number of hydrogen-bond donors (Lipinski definition) is 1. The first-order chi connectivity index (χ1) is 12.2. The maximum absolute atomic E-state index is 12.2. The van der Waals surface area contributed by atoms with Gasteiger partial charge in [-0.25, -0.2) is 0 Å². The molecule has 2 bridgehead atoms. The molecule has 1 spiro atoms. The number of pyridine rings is 1. The molecule has 1 aliphatic carbocycles. The number of amides is 1. The molecule has 3 saturated heterocycles. The van der Waals surface area contributed by atoms with Gasteiger partial charge in [-0.2, -0.15) is 0 Å². The standard InChI is InChI=1S/C20H27N3O2/c1-13-9-21-8-6-17(13)23-11-16-15(10-22-19(24)14-3-2-4-14)18-5-7-20(16,12-23)25-18/h6,8-9,14-16,18H,2-5,7,10-12H2,1H3,(H,22,24)/t15-,16+,18+,20+/m0/s1. The van der Waals surface area contributed by atoms with Gasteiger partial charge < -0.3 is 15.0 Å². The van der Waals surface area contributed by atoms with Crippen LogP contribution in [0.4, 0.5) is 5.69 Å². The van der Waals surface area contributed by atoms with E-state index in [-0.39, 0.29) is 17.4 Å². The lowest BCUT2D eigenvalue weighted by molar-refractivity contribution is -0.127. The molecule has 5 rings (SSSR count). The molecule has 1 saturated carbocycles. The highest BCUT2D eigenvalue weighted by Crippen LogP contribution is 2.55. The van der Waals surface area contributed by atoms with E-state index in [9.17, 15) is 4.79 Å². The number of nitrogens with zero attached hydrogens (tertiary/aromatic N) is 2. The molecule has 134 valence electrons. The van der Waals surface area contributed by atoms with Crippen molar-refractivity contribution >= 4 is 11.6 Å². The Hall–Kier alpha value is -1.62. The summed E-state index contributed by atoms with van der Waals surface area (Å²) < 4.78 is 6.51. The zero-order chi connectivity index (χ0) is 17.0. The van der Waals surface area contributed by atoms with Crippen molar-refractivity contribution in [2.24, 2.45) is 17.8 Å². The van der Waals surface area contributed by atoms with Crippen LogP contribution in [0.3, 0.4) is 0 Å². The van der Waals surface area contributed by atoms with E-state index in [1.165, 1.54) is 17.7 Å². The van der Waals surface area contributed by atoms with Gasteiger partial charge in [0.25, 0.3) is 0 Å². The molecule has 1 N–H and O–H groups in total. The van der Waals surface area contributed by atoms with Crippen LogP contribution in [-0.4, -0.2) is 42.2 Å². The van der Waals surface area contributed by atoms with Gasteiger partial charge in [-0.1, -0.05) is 6.42 Å². The van der Waals surface area contributed by atoms with Gasteiger partial charge in [-0.3, -0.25) is 9.78 Å². The van der Waals surface area contributed by atoms with Crippen molar-refractivity contribution in [1.29, 1.82) is 0 Å². The second-order valence-electron chi connectivity index (χ2n) is 8.45. The molecule has 5 nitrogen and oxygen atoms in total. The first-order valence-corrected chi connectivity index (χ1v) is 9.77. The molecule has 0 aromatic carbocycles. The van der Waals surface area contributed by atoms with Gasteiger partial charge in [0.2, 0.25) is 5.91 Å². The Kier molecular flexibility index (Phi) is 3.56. The van der Waals surface area contributed by atoms with E-state index in [2.05, 4.69) is 28.2 Å². The third-order valence-electron chi connectivity index (χ3n) is 7.10. The van der Waals surface area contributed by atoms with Gasteiger partial charge in [0, 0.05) is 55.5 Å². The fourth-order valence-corrected chi connectivity index (χ4v) is 5.50. The van der Waals surface area contributed by atoms with Gasteiger partial charge >= 0.3 is 0 Å². The average Bonchev–Trinajstić information content (AvgIpc) is 3.19. The third kappa shape index (κ3) is 2.39. The molecule has 5 heteroatoms. The zero-order valence-corrected chi connectivity index (χ0v) is 14.9. The highest BCUT2D eigenvalue weighted by molar-refractivity contribution is 5.79. The van der Waals surface area contributed by atoms with E-state index in [1.807, 2.05) is 12.4 Å². The van der Waals surface area contributed by atoms with Crippen molar-refractivity contribution in [2.75, 3.05) is 24.5 Å². The summed E-state index contributed by atoms with van der Waals surface area (Å²) in [6, 6.07) is 2.12. The van der Waals surface area contributed by atoms with Crippen molar-refractivity contribution in [3.63, 3.8) is 0 Å². The van der Waals surface area contributed by atoms with E-state index >= 15 is 0 Å². The fraction of sp³-hybridized carbons (Fsp3) is 0.700. The average molecular weight is 341 g/mol. The number of ether oxygens (including phenoxy) is 1. The monoisotopic (exact) mass is 341 g/mol. The van der Waals surface area contributed by atoms with Crippen molar-refractivity contribution in [3.8, 4) is 0 Å². The molecule has 25 heavy (non-hydrogen) atoms. The van der Waals surface area contributed by atoms with Crippen molar-refractivity contribution < 1.29 is 9.53 Å². The van der Waals surface area contributed by atoms with E-state index in [0.717, 1.165) is 45.3 Å². The second-order valence-corrected chi connectivity index (χ2v) is 8.45. The number of nitrogens with one attached hydrogen (secondary N) is 1. The van der Waals surface area contributed by atoms with Crippen LogP contribution in [0.15, 0.2) is 18.5 Å². The largest absolute Gasteiger partial charge is 0.369 e. The second kappa shape index (κ2) is 5.70. The van der Waals surface area contributed by atoms with E-state index in [4.69, 9.17) is 4.74 Å². The normalized spacial score (nSPS) is 36.4. The van der Waals surface area contributed by atoms with Crippen LogP contribution in [0, 0.1) is 24.7 Å². The van der Waals surface area contributed by atoms with Crippen LogP contribution in [0.5, 0.6) is 0 Å². The minimum atomic E-state index is 0.00619. The number of anilines is 1. The number of rotatable bonds is 4. The molecular weight excluding hydrogens is 314 g/mol. The fourth-order valence-electron chi connectivity index (χ4n) is 5.50. The first-order valence-electron chi connectivity index (χ1n) is 9.77. The van der Waals surface area contributed by atoms with E-state index in [0.29, 0.717) is 17.9 Å². The van der Waals surface area contributed by atoms with Crippen LogP contribution in [0.1, 0.15) is 37.7 Å². The maximum Gasteiger partial charge on any atom is 0.223 e. The summed E-state index contributed by atoms with van der Waals surface area (Å²) in [6.45, 7) is 4.93. The van der Waals surface area contributed by atoms with Gasteiger partial charge in [0.1, 0.15) is 0 Å². The SMILES string of the molecule is Cc1cnccc1N1C[C@@H]2[C@H](CNC(=O)C3CCC3)[C@H]3CC[C@]2(C1)O3. The van der Waals surface area contributed by atoms with Crippen LogP contribution in [0.2, 0.25) is 0 Å². The van der Waals surface area contributed by atoms with Crippen LogP contribution >= 0.6 is 0 Å². The summed E-state index contributed by atoms with van der Waals surface area (Å²) in [7, 11) is 0. The quantitative estimate of drug-likeness (QED) is 0.913. The molecule has 4 fully saturated rings. The molecule has 0 radical (unpaired) electrons. The summed E-state index contributed by atoms with van der Waals surface area (Å²) in [6.07, 6.45) is 9.81. The first kappa shape index (κ1) is 15.6. The molecule has 1 aromatic heterocycles. The van der Waals surface area contributed by atoms with Crippen molar-refractivity contribution in [2.45, 2.75) is 50.7 Å². The molecule has 0 unspecified atom stereocenters. The number of carbonyl (C=O) groups excluding carboxylic acids is 1. The van der Waals surface area contributed by atoms with Gasteiger partial charge in [0.05, 0.1) is 11.7 Å². The zero-order valence-electron chi connectivity index (χ0n) is 14.9. The molecule has 1 amide bonds. The van der Waals surface area contributed by atoms with Crippen molar-refractivity contribution in [1.82, 2.24) is 10.3 Å². The highest BCUT2D eigenvalue weighted by Gasteiger charge is 2.63. The number of aromatic nitrogens is 1. The Morgan fingerprint density at radius 2 is 2.32 bits per heavy atom. The predicted molar refractivity (Wildman–Crippen MR) is 95.4 cm³/mol. The maximum atomic E-state index is 12.2. The predicted octanol–water partition coefficient (Wildman–Crippen LogP) is 2.29. The summed E-state index contributed by atoms with van der Waals surface area (Å²) in [5, 5.41) is 3.24. The number of aryl methyl sites for hydroxylation is 1. The van der Waals surface area contributed by atoms with E-state index < -0.39 is 0 Å². The van der Waals surface area contributed by atoms with Crippen LogP contribution in [0.25, 0.3) is 0 Å². The molecule has 4 heterocycles. The third-order valence-corrected chi connectivity index (χ3v) is 7.10. The molecule has 1 aromatic rings. The van der Waals surface area contributed by atoms with Gasteiger partial charge in [-0.15, -0.1) is 0 Å². The summed E-state index contributed by atoms with van der Waals surface area (Å²) in [5.41, 5.74) is 2.51. The van der Waals surface area contributed by atoms with Gasteiger partial charge in [0.15, 0.2) is 0 Å². The summed E-state index contributed by atoms with van der Waals surface area (Å²) in [5.74, 6) is 1.53. The smallest absolute Gasteiger partial charge is 0.223 e. The Morgan fingerprint density at radius 3 is 3.08 bits per heavy atom. The summed E-state index contributed by atoms with van der Waals surface area (Å²) >= 11 is 0. The minimum Gasteiger partial charge on any atom is -0.369 e. The summed E-state index contributed by atoms with van der Waals surface area (Å²) in [4.78, 5) is 18.9. The van der Waals surface area contributed by atoms with Crippen LogP contribution in [-0.2, 0) is 9.53 Å². The molecule has 3 aliphatic heterocycles. The number of carbonyl (C=O) groups is 1. The number of hydrogen-bond acceptors (Lipinski definition) is 4. The molecule has 4 atom stereocenters. The van der Waals surface area contributed by atoms with E-state index in [1.54, 1.807) is 0 Å². The molecular formula is C20H27N3O2.